The zero-order chi connectivity index (χ0) is 0. The smallest absolute Gasteiger partial charge is 1.00 e. The molecule has 7 heavy (non-hydrogen) atoms. The normalized spacial score (nSPS) is 0. The Kier molecular flexibility index (Phi) is 1200. The average molecular weight is 280 g/mol. The SMILES string of the molecule is Cl.Cl.Cl.P.[Cl-].[Cl-].[Zn+2]. The summed E-state index contributed by atoms with van der Waals surface area (Å²) in [4.78, 5) is 0. The van der Waals surface area contributed by atoms with Crippen LogP contribution in [0.3, 0.4) is 0 Å². The van der Waals surface area contributed by atoms with Crippen LogP contribution < -0.4 is 24.8 Å². The molecule has 0 aromatic heterocycles. The Labute approximate surface area is 90.8 Å². The Morgan fingerprint density at radius 1 is 0.571 bits per heavy atom. The molecule has 1 atom stereocenters. The van der Waals surface area contributed by atoms with E-state index in [9.17, 15) is 0 Å². The van der Waals surface area contributed by atoms with Crippen LogP contribution >= 0.6 is 47.1 Å². The predicted octanol–water partition coefficient (Wildman–Crippen LogP) is -4.67. The van der Waals surface area contributed by atoms with Gasteiger partial charge in [-0.25, -0.2) is 0 Å². The van der Waals surface area contributed by atoms with Crippen molar-refractivity contribution in [2.24, 2.45) is 0 Å². The first-order valence-corrected chi connectivity index (χ1v) is 0. The molecule has 0 saturated carbocycles. The zero-order valence-electron chi connectivity index (χ0n) is 3.39. The van der Waals surface area contributed by atoms with Crippen LogP contribution in [0.25, 0.3) is 0 Å². The molecule has 0 saturated heterocycles. The first-order chi connectivity index (χ1) is 0. The summed E-state index contributed by atoms with van der Waals surface area (Å²) in [6.45, 7) is 0. The maximum Gasteiger partial charge on any atom is 2.00 e. The van der Waals surface area contributed by atoms with Gasteiger partial charge >= 0.3 is 19.5 Å². The molecular weight excluding hydrogens is 274 g/mol. The van der Waals surface area contributed by atoms with Crippen LogP contribution in [0.4, 0.5) is 0 Å². The standard InChI is InChI=1S/5ClH.H3P.Zn/h5*1H;1H3;/q;;;;;;+2/p-2. The fourth-order valence-corrected chi connectivity index (χ4v) is 0. The molecule has 7 heteroatoms. The summed E-state index contributed by atoms with van der Waals surface area (Å²) < 4.78 is 0. The second kappa shape index (κ2) is 76.4. The van der Waals surface area contributed by atoms with E-state index in [2.05, 4.69) is 0 Å². The Morgan fingerprint density at radius 3 is 0.571 bits per heavy atom. The summed E-state index contributed by atoms with van der Waals surface area (Å²) in [5.41, 5.74) is 0. The minimum atomic E-state index is 0. The quantitative estimate of drug-likeness (QED) is 0.309. The van der Waals surface area contributed by atoms with Crippen LogP contribution in [0, 0.1) is 0 Å². The summed E-state index contributed by atoms with van der Waals surface area (Å²) >= 11 is 0. The molecule has 0 aliphatic heterocycles. The van der Waals surface area contributed by atoms with Crippen LogP contribution in [0.1, 0.15) is 0 Å². The molecule has 0 aliphatic carbocycles. The maximum absolute atomic E-state index is 0. The van der Waals surface area contributed by atoms with Crippen molar-refractivity contribution in [1.82, 2.24) is 0 Å². The van der Waals surface area contributed by atoms with Crippen LogP contribution in [-0.2, 0) is 19.5 Å². The van der Waals surface area contributed by atoms with Gasteiger partial charge in [-0.3, -0.25) is 0 Å². The third-order valence-corrected chi connectivity index (χ3v) is 0. The Hall–Kier alpha value is 2.50. The van der Waals surface area contributed by atoms with Crippen LogP contribution in [-0.4, -0.2) is 0 Å². The van der Waals surface area contributed by atoms with Crippen LogP contribution in [0.5, 0.6) is 0 Å². The molecule has 0 N–H and O–H groups in total. The van der Waals surface area contributed by atoms with Gasteiger partial charge in [0.2, 0.25) is 0 Å². The van der Waals surface area contributed by atoms with Gasteiger partial charge in [0.05, 0.1) is 0 Å². The van der Waals surface area contributed by atoms with Gasteiger partial charge in [0.15, 0.2) is 0 Å². The van der Waals surface area contributed by atoms with E-state index < -0.39 is 0 Å². The molecule has 0 aromatic rings. The van der Waals surface area contributed by atoms with E-state index >= 15 is 0 Å². The fourth-order valence-electron chi connectivity index (χ4n) is 0. The minimum Gasteiger partial charge on any atom is -1.00 e. The van der Waals surface area contributed by atoms with Crippen molar-refractivity contribution in [1.29, 1.82) is 0 Å². The van der Waals surface area contributed by atoms with Crippen molar-refractivity contribution >= 4 is 47.1 Å². The minimum absolute atomic E-state index is 0. The third kappa shape index (κ3) is 57.4. The molecule has 0 fully saturated rings. The van der Waals surface area contributed by atoms with E-state index in [4.69, 9.17) is 0 Å². The van der Waals surface area contributed by atoms with Crippen molar-refractivity contribution in [3.63, 3.8) is 0 Å². The molecule has 0 bridgehead atoms. The summed E-state index contributed by atoms with van der Waals surface area (Å²) in [5.74, 6) is 0. The molecular formula is H6Cl5PZn. The van der Waals surface area contributed by atoms with Gasteiger partial charge in [0.1, 0.15) is 0 Å². The van der Waals surface area contributed by atoms with E-state index in [0.717, 1.165) is 0 Å². The molecule has 0 radical (unpaired) electrons. The number of hydrogen-bond donors (Lipinski definition) is 0. The zero-order valence-corrected chi connectivity index (χ0v) is 11.7. The van der Waals surface area contributed by atoms with Gasteiger partial charge in [0, 0.05) is 0 Å². The molecule has 0 nitrogen and oxygen atoms in total. The van der Waals surface area contributed by atoms with Gasteiger partial charge < -0.3 is 24.8 Å². The van der Waals surface area contributed by atoms with Crippen molar-refractivity contribution in [2.75, 3.05) is 0 Å². The molecule has 0 amide bonds. The first-order valence-electron chi connectivity index (χ1n) is 0. The van der Waals surface area contributed by atoms with Gasteiger partial charge in [0.25, 0.3) is 0 Å². The molecule has 0 aromatic carbocycles. The monoisotopic (exact) mass is 276 g/mol. The summed E-state index contributed by atoms with van der Waals surface area (Å²) in [6, 6.07) is 0. The van der Waals surface area contributed by atoms with Crippen molar-refractivity contribution in [3.05, 3.63) is 0 Å². The maximum atomic E-state index is 0. The molecule has 48 valence electrons. The number of hydrogen-bond acceptors (Lipinski definition) is 0. The Morgan fingerprint density at radius 2 is 0.571 bits per heavy atom. The molecule has 0 spiro atoms. The largest absolute Gasteiger partial charge is 2.00 e. The fraction of sp³-hybridized carbons (Fsp3) is 0. The molecule has 0 heterocycles. The number of halogens is 5. The Bertz CT molecular complexity index is 8.04. The predicted molar refractivity (Wildman–Crippen MR) is 32.8 cm³/mol. The van der Waals surface area contributed by atoms with Crippen molar-refractivity contribution in [3.8, 4) is 0 Å². The van der Waals surface area contributed by atoms with Crippen molar-refractivity contribution < 1.29 is 44.3 Å². The molecule has 1 unspecified atom stereocenters. The van der Waals surface area contributed by atoms with Crippen molar-refractivity contribution in [2.45, 2.75) is 0 Å². The van der Waals surface area contributed by atoms with Gasteiger partial charge in [-0.15, -0.1) is 37.2 Å². The van der Waals surface area contributed by atoms with Gasteiger partial charge in [-0.1, -0.05) is 0 Å². The topological polar surface area (TPSA) is 0 Å². The van der Waals surface area contributed by atoms with Crippen LogP contribution in [0.15, 0.2) is 0 Å². The van der Waals surface area contributed by atoms with E-state index in [1.807, 2.05) is 0 Å². The summed E-state index contributed by atoms with van der Waals surface area (Å²) in [6.07, 6.45) is 0. The average Bonchev–Trinajstić information content (AvgIpc) is 0. The third-order valence-electron chi connectivity index (χ3n) is 0. The van der Waals surface area contributed by atoms with E-state index in [0.29, 0.717) is 0 Å². The molecule has 0 rings (SSSR count). The second-order valence-electron chi connectivity index (χ2n) is 0. The summed E-state index contributed by atoms with van der Waals surface area (Å²) in [5, 5.41) is 0. The van der Waals surface area contributed by atoms with Gasteiger partial charge in [-0.2, -0.15) is 9.90 Å². The van der Waals surface area contributed by atoms with E-state index in [1.54, 1.807) is 0 Å². The van der Waals surface area contributed by atoms with E-state index in [-0.39, 0.29) is 91.4 Å². The van der Waals surface area contributed by atoms with Crippen LogP contribution in [0.2, 0.25) is 0 Å². The Balaban J connectivity index is 0. The summed E-state index contributed by atoms with van der Waals surface area (Å²) in [7, 11) is 0. The number of rotatable bonds is 0. The van der Waals surface area contributed by atoms with E-state index in [1.165, 1.54) is 0 Å². The molecule has 0 aliphatic rings. The first kappa shape index (κ1) is 110. The van der Waals surface area contributed by atoms with Gasteiger partial charge in [-0.05, 0) is 0 Å². The second-order valence-corrected chi connectivity index (χ2v) is 0.